The molecule has 142 valence electrons. The van der Waals surface area contributed by atoms with Gasteiger partial charge in [0.05, 0.1) is 5.56 Å². The lowest BCUT2D eigenvalue weighted by atomic mass is 10.2. The highest BCUT2D eigenvalue weighted by atomic mass is 16.5. The molecule has 1 aromatic heterocycles. The van der Waals surface area contributed by atoms with Crippen LogP contribution in [0.15, 0.2) is 67.0 Å². The molecule has 1 fully saturated rings. The standard InChI is InChI=1S/C22H22N4O2/c27-21(18-14-23-22(24-15-18)26-12-4-5-13-26)25-19-8-10-20(11-9-19)28-16-17-6-2-1-3-7-17/h1-3,6-11,14-15H,4-5,12-13,16H2,(H,25,27). The van der Waals surface area contributed by atoms with Crippen LogP contribution in [0.3, 0.4) is 0 Å². The summed E-state index contributed by atoms with van der Waals surface area (Å²) < 4.78 is 5.76. The van der Waals surface area contributed by atoms with Crippen LogP contribution in [0.25, 0.3) is 0 Å². The molecule has 2 aromatic carbocycles. The number of anilines is 2. The average molecular weight is 374 g/mol. The van der Waals surface area contributed by atoms with Crippen molar-refractivity contribution in [3.05, 3.63) is 78.1 Å². The molecule has 6 nitrogen and oxygen atoms in total. The van der Waals surface area contributed by atoms with Gasteiger partial charge in [0.2, 0.25) is 5.95 Å². The van der Waals surface area contributed by atoms with E-state index in [0.717, 1.165) is 37.2 Å². The third-order valence-electron chi connectivity index (χ3n) is 4.65. The van der Waals surface area contributed by atoms with E-state index >= 15 is 0 Å². The molecule has 1 aliphatic rings. The van der Waals surface area contributed by atoms with Crippen molar-refractivity contribution < 1.29 is 9.53 Å². The first-order valence-electron chi connectivity index (χ1n) is 9.43. The Balaban J connectivity index is 1.32. The smallest absolute Gasteiger partial charge is 0.258 e. The van der Waals surface area contributed by atoms with E-state index < -0.39 is 0 Å². The van der Waals surface area contributed by atoms with Crippen molar-refractivity contribution >= 4 is 17.5 Å². The van der Waals surface area contributed by atoms with Crippen LogP contribution in [0.4, 0.5) is 11.6 Å². The van der Waals surface area contributed by atoms with Crippen LogP contribution in [0.1, 0.15) is 28.8 Å². The van der Waals surface area contributed by atoms with E-state index in [1.807, 2.05) is 54.6 Å². The molecule has 1 N–H and O–H groups in total. The molecule has 4 rings (SSSR count). The van der Waals surface area contributed by atoms with Gasteiger partial charge < -0.3 is 15.0 Å². The molecule has 1 amide bonds. The second kappa shape index (κ2) is 8.52. The molecule has 1 saturated heterocycles. The molecule has 0 radical (unpaired) electrons. The Labute approximate surface area is 164 Å². The van der Waals surface area contributed by atoms with E-state index in [1.54, 1.807) is 12.4 Å². The highest BCUT2D eigenvalue weighted by Gasteiger charge is 2.15. The van der Waals surface area contributed by atoms with Gasteiger partial charge in [0.1, 0.15) is 12.4 Å². The first-order valence-corrected chi connectivity index (χ1v) is 9.43. The lowest BCUT2D eigenvalue weighted by molar-refractivity contribution is 0.102. The molecule has 6 heteroatoms. The van der Waals surface area contributed by atoms with Crippen LogP contribution >= 0.6 is 0 Å². The number of carbonyl (C=O) groups is 1. The molecule has 0 spiro atoms. The normalized spacial score (nSPS) is 13.4. The second-order valence-corrected chi connectivity index (χ2v) is 6.72. The number of ether oxygens (including phenoxy) is 1. The zero-order chi connectivity index (χ0) is 19.2. The maximum atomic E-state index is 12.4. The van der Waals surface area contributed by atoms with Gasteiger partial charge in [0.25, 0.3) is 5.91 Å². The lowest BCUT2D eigenvalue weighted by Crippen LogP contribution is -2.21. The van der Waals surface area contributed by atoms with E-state index in [4.69, 9.17) is 4.74 Å². The minimum Gasteiger partial charge on any atom is -0.489 e. The molecule has 0 bridgehead atoms. The van der Waals surface area contributed by atoms with Crippen molar-refractivity contribution in [3.63, 3.8) is 0 Å². The molecule has 0 aliphatic carbocycles. The van der Waals surface area contributed by atoms with Gasteiger partial charge in [0.15, 0.2) is 0 Å². The zero-order valence-electron chi connectivity index (χ0n) is 15.5. The Morgan fingerprint density at radius 3 is 2.32 bits per heavy atom. The van der Waals surface area contributed by atoms with Crippen molar-refractivity contribution in [2.24, 2.45) is 0 Å². The number of carbonyl (C=O) groups excluding carboxylic acids is 1. The Kier molecular flexibility index (Phi) is 5.47. The third kappa shape index (κ3) is 4.46. The number of amides is 1. The van der Waals surface area contributed by atoms with Gasteiger partial charge in [-0.3, -0.25) is 4.79 Å². The molecule has 0 unspecified atom stereocenters. The van der Waals surface area contributed by atoms with Crippen LogP contribution in [-0.4, -0.2) is 29.0 Å². The number of rotatable bonds is 6. The summed E-state index contributed by atoms with van der Waals surface area (Å²) in [7, 11) is 0. The van der Waals surface area contributed by atoms with Gasteiger partial charge >= 0.3 is 0 Å². The van der Waals surface area contributed by atoms with Crippen molar-refractivity contribution in [1.29, 1.82) is 0 Å². The van der Waals surface area contributed by atoms with E-state index in [1.165, 1.54) is 0 Å². The number of nitrogens with one attached hydrogen (secondary N) is 1. The van der Waals surface area contributed by atoms with Crippen molar-refractivity contribution in [2.75, 3.05) is 23.3 Å². The summed E-state index contributed by atoms with van der Waals surface area (Å²) in [5.74, 6) is 1.21. The van der Waals surface area contributed by atoms with E-state index in [2.05, 4.69) is 20.2 Å². The molecule has 1 aliphatic heterocycles. The predicted molar refractivity (Wildman–Crippen MR) is 109 cm³/mol. The monoisotopic (exact) mass is 374 g/mol. The van der Waals surface area contributed by atoms with Gasteiger partial charge in [-0.1, -0.05) is 30.3 Å². The SMILES string of the molecule is O=C(Nc1ccc(OCc2ccccc2)cc1)c1cnc(N2CCCC2)nc1. The van der Waals surface area contributed by atoms with Crippen LogP contribution < -0.4 is 15.0 Å². The molecular formula is C22H22N4O2. The molecule has 28 heavy (non-hydrogen) atoms. The summed E-state index contributed by atoms with van der Waals surface area (Å²) in [5.41, 5.74) is 2.24. The van der Waals surface area contributed by atoms with Gasteiger partial charge in [-0.05, 0) is 42.7 Å². The van der Waals surface area contributed by atoms with Gasteiger partial charge in [-0.15, -0.1) is 0 Å². The number of hydrogen-bond acceptors (Lipinski definition) is 5. The Morgan fingerprint density at radius 1 is 0.964 bits per heavy atom. The molecular weight excluding hydrogens is 352 g/mol. The molecule has 0 atom stereocenters. The number of benzene rings is 2. The van der Waals surface area contributed by atoms with Gasteiger partial charge in [-0.25, -0.2) is 9.97 Å². The number of hydrogen-bond donors (Lipinski definition) is 1. The number of aromatic nitrogens is 2. The molecule has 0 saturated carbocycles. The fourth-order valence-electron chi connectivity index (χ4n) is 3.10. The van der Waals surface area contributed by atoms with Crippen LogP contribution in [-0.2, 0) is 6.61 Å². The van der Waals surface area contributed by atoms with Crippen molar-refractivity contribution in [1.82, 2.24) is 9.97 Å². The zero-order valence-corrected chi connectivity index (χ0v) is 15.5. The minimum atomic E-state index is -0.231. The van der Waals surface area contributed by atoms with E-state index in [0.29, 0.717) is 23.8 Å². The van der Waals surface area contributed by atoms with E-state index in [9.17, 15) is 4.79 Å². The summed E-state index contributed by atoms with van der Waals surface area (Å²) in [6, 6.07) is 17.3. The Morgan fingerprint density at radius 2 is 1.64 bits per heavy atom. The van der Waals surface area contributed by atoms with E-state index in [-0.39, 0.29) is 5.91 Å². The quantitative estimate of drug-likeness (QED) is 0.709. The first-order chi connectivity index (χ1) is 13.8. The van der Waals surface area contributed by atoms with Crippen molar-refractivity contribution in [2.45, 2.75) is 19.4 Å². The first kappa shape index (κ1) is 18.0. The van der Waals surface area contributed by atoms with Gasteiger partial charge in [-0.2, -0.15) is 0 Å². The average Bonchev–Trinajstić information content (AvgIpc) is 3.29. The topological polar surface area (TPSA) is 67.3 Å². The van der Waals surface area contributed by atoms with Crippen LogP contribution in [0.5, 0.6) is 5.75 Å². The van der Waals surface area contributed by atoms with Crippen LogP contribution in [0.2, 0.25) is 0 Å². The summed E-state index contributed by atoms with van der Waals surface area (Å²) >= 11 is 0. The third-order valence-corrected chi connectivity index (χ3v) is 4.65. The summed E-state index contributed by atoms with van der Waals surface area (Å²) in [6.45, 7) is 2.46. The summed E-state index contributed by atoms with van der Waals surface area (Å²) in [5, 5.41) is 2.86. The molecule has 2 heterocycles. The highest BCUT2D eigenvalue weighted by Crippen LogP contribution is 2.18. The molecule has 3 aromatic rings. The maximum Gasteiger partial charge on any atom is 0.258 e. The highest BCUT2D eigenvalue weighted by molar-refractivity contribution is 6.03. The maximum absolute atomic E-state index is 12.4. The summed E-state index contributed by atoms with van der Waals surface area (Å²) in [6.07, 6.45) is 5.48. The number of nitrogens with zero attached hydrogens (tertiary/aromatic N) is 3. The minimum absolute atomic E-state index is 0.231. The Hall–Kier alpha value is -3.41. The predicted octanol–water partition coefficient (Wildman–Crippen LogP) is 3.91. The second-order valence-electron chi connectivity index (χ2n) is 6.72. The van der Waals surface area contributed by atoms with Crippen molar-refractivity contribution in [3.8, 4) is 5.75 Å². The fourth-order valence-corrected chi connectivity index (χ4v) is 3.10. The van der Waals surface area contributed by atoms with Gasteiger partial charge in [0, 0.05) is 31.2 Å². The largest absolute Gasteiger partial charge is 0.489 e. The summed E-state index contributed by atoms with van der Waals surface area (Å²) in [4.78, 5) is 23.2. The van der Waals surface area contributed by atoms with Crippen LogP contribution in [0, 0.1) is 0 Å². The fraction of sp³-hybridized carbons (Fsp3) is 0.227. The Bertz CT molecular complexity index is 906. The lowest BCUT2D eigenvalue weighted by Gasteiger charge is -2.14.